The second-order valence-corrected chi connectivity index (χ2v) is 6.98. The summed E-state index contributed by atoms with van der Waals surface area (Å²) < 4.78 is 5.40. The van der Waals surface area contributed by atoms with Gasteiger partial charge in [-0.05, 0) is 37.6 Å². The van der Waals surface area contributed by atoms with Crippen LogP contribution in [0.1, 0.15) is 18.9 Å². The molecule has 0 bridgehead atoms. The van der Waals surface area contributed by atoms with Crippen LogP contribution in [0, 0.1) is 0 Å². The number of hydrogen-bond acceptors (Lipinski definition) is 4. The molecule has 1 fully saturated rings. The van der Waals surface area contributed by atoms with Crippen molar-refractivity contribution in [3.63, 3.8) is 0 Å². The van der Waals surface area contributed by atoms with E-state index in [4.69, 9.17) is 9.73 Å². The molecule has 3 rings (SSSR count). The molecule has 0 aromatic heterocycles. The Balaban J connectivity index is 1.45. The smallest absolute Gasteiger partial charge is 0.191 e. The first-order valence-electron chi connectivity index (χ1n) is 10.2. The lowest BCUT2D eigenvalue weighted by Gasteiger charge is -2.26. The van der Waals surface area contributed by atoms with E-state index in [1.54, 1.807) is 0 Å². The summed E-state index contributed by atoms with van der Waals surface area (Å²) in [6.07, 6.45) is 5.55. The summed E-state index contributed by atoms with van der Waals surface area (Å²) in [4.78, 5) is 9.59. The number of nitrogens with one attached hydrogen (secondary N) is 2. The molecule has 0 radical (unpaired) electrons. The van der Waals surface area contributed by atoms with E-state index >= 15 is 0 Å². The zero-order chi connectivity index (χ0) is 18.7. The monoisotopic (exact) mass is 371 g/mol. The van der Waals surface area contributed by atoms with Crippen molar-refractivity contribution in [2.45, 2.75) is 19.9 Å². The average molecular weight is 372 g/mol. The van der Waals surface area contributed by atoms with Gasteiger partial charge in [0, 0.05) is 45.0 Å². The summed E-state index contributed by atoms with van der Waals surface area (Å²) in [6.45, 7) is 11.5. The van der Waals surface area contributed by atoms with Crippen molar-refractivity contribution in [2.24, 2.45) is 4.99 Å². The Hall–Kier alpha value is -2.05. The van der Waals surface area contributed by atoms with E-state index in [0.29, 0.717) is 6.54 Å². The van der Waals surface area contributed by atoms with Gasteiger partial charge in [-0.25, -0.2) is 4.99 Å². The molecule has 2 aliphatic heterocycles. The van der Waals surface area contributed by atoms with Crippen molar-refractivity contribution in [3.05, 3.63) is 42.0 Å². The summed E-state index contributed by atoms with van der Waals surface area (Å²) in [7, 11) is 0. The lowest BCUT2D eigenvalue weighted by molar-refractivity contribution is 0.0376. The highest BCUT2D eigenvalue weighted by molar-refractivity contribution is 5.79. The molecule has 1 saturated heterocycles. The SMILES string of the molecule is CCNC(=NCc1cccc(N2CC=CC2)c1)NCCCN1CCOCC1. The van der Waals surface area contributed by atoms with Gasteiger partial charge in [0.15, 0.2) is 5.96 Å². The van der Waals surface area contributed by atoms with Gasteiger partial charge in [0.05, 0.1) is 19.8 Å². The van der Waals surface area contributed by atoms with Crippen LogP contribution in [0.15, 0.2) is 41.4 Å². The molecule has 0 spiro atoms. The molecule has 2 aliphatic rings. The van der Waals surface area contributed by atoms with Crippen molar-refractivity contribution >= 4 is 11.6 Å². The minimum atomic E-state index is 0.688. The summed E-state index contributed by atoms with van der Waals surface area (Å²) in [5.41, 5.74) is 2.51. The van der Waals surface area contributed by atoms with E-state index in [1.807, 2.05) is 0 Å². The van der Waals surface area contributed by atoms with Gasteiger partial charge in [0.2, 0.25) is 0 Å². The van der Waals surface area contributed by atoms with Gasteiger partial charge >= 0.3 is 0 Å². The average Bonchev–Trinajstić information content (AvgIpc) is 3.25. The maximum Gasteiger partial charge on any atom is 0.191 e. The molecular formula is C21H33N5O. The number of morpholine rings is 1. The second-order valence-electron chi connectivity index (χ2n) is 6.98. The predicted molar refractivity (Wildman–Crippen MR) is 112 cm³/mol. The molecule has 0 aliphatic carbocycles. The van der Waals surface area contributed by atoms with Crippen LogP contribution in [0.4, 0.5) is 5.69 Å². The number of nitrogens with zero attached hydrogens (tertiary/aromatic N) is 3. The highest BCUT2D eigenvalue weighted by Gasteiger charge is 2.10. The number of aliphatic imine (C=N–C) groups is 1. The van der Waals surface area contributed by atoms with Crippen LogP contribution >= 0.6 is 0 Å². The number of benzene rings is 1. The summed E-state index contributed by atoms with van der Waals surface area (Å²) >= 11 is 0. The van der Waals surface area contributed by atoms with Gasteiger partial charge in [-0.1, -0.05) is 24.3 Å². The van der Waals surface area contributed by atoms with Gasteiger partial charge < -0.3 is 20.3 Å². The van der Waals surface area contributed by atoms with Crippen LogP contribution in [0.3, 0.4) is 0 Å². The molecule has 1 aromatic rings. The Labute approximate surface area is 163 Å². The lowest BCUT2D eigenvalue weighted by Crippen LogP contribution is -2.40. The zero-order valence-electron chi connectivity index (χ0n) is 16.5. The number of ether oxygens (including phenoxy) is 1. The standard InChI is InChI=1S/C21H33N5O/c1-2-22-21(23-9-6-10-25-13-15-27-16-14-25)24-18-19-7-5-8-20(17-19)26-11-3-4-12-26/h3-5,7-8,17H,2,6,9-16,18H2,1H3,(H2,22,23,24). The molecule has 6 nitrogen and oxygen atoms in total. The molecule has 27 heavy (non-hydrogen) atoms. The first-order valence-corrected chi connectivity index (χ1v) is 10.2. The fraction of sp³-hybridized carbons (Fsp3) is 0.571. The first kappa shape index (κ1) is 19.7. The third-order valence-electron chi connectivity index (χ3n) is 4.91. The van der Waals surface area contributed by atoms with Crippen LogP contribution in [0.25, 0.3) is 0 Å². The van der Waals surface area contributed by atoms with Crippen molar-refractivity contribution in [1.82, 2.24) is 15.5 Å². The number of rotatable bonds is 8. The number of anilines is 1. The molecule has 2 N–H and O–H groups in total. The fourth-order valence-electron chi connectivity index (χ4n) is 3.39. The van der Waals surface area contributed by atoms with Gasteiger partial charge in [-0.15, -0.1) is 0 Å². The molecule has 6 heteroatoms. The Morgan fingerprint density at radius 1 is 1.15 bits per heavy atom. The van der Waals surface area contributed by atoms with E-state index in [9.17, 15) is 0 Å². The highest BCUT2D eigenvalue weighted by atomic mass is 16.5. The Bertz CT molecular complexity index is 617. The molecule has 0 amide bonds. The van der Waals surface area contributed by atoms with Gasteiger partial charge in [-0.3, -0.25) is 4.90 Å². The van der Waals surface area contributed by atoms with Crippen LogP contribution in [0.5, 0.6) is 0 Å². The summed E-state index contributed by atoms with van der Waals surface area (Å²) in [6, 6.07) is 8.70. The maximum atomic E-state index is 5.40. The van der Waals surface area contributed by atoms with Crippen molar-refractivity contribution in [3.8, 4) is 0 Å². The topological polar surface area (TPSA) is 52.1 Å². The van der Waals surface area contributed by atoms with Crippen molar-refractivity contribution in [2.75, 3.05) is 63.9 Å². The highest BCUT2D eigenvalue weighted by Crippen LogP contribution is 2.18. The van der Waals surface area contributed by atoms with Crippen LogP contribution < -0.4 is 15.5 Å². The first-order chi connectivity index (χ1) is 13.3. The molecule has 0 unspecified atom stereocenters. The largest absolute Gasteiger partial charge is 0.379 e. The minimum Gasteiger partial charge on any atom is -0.379 e. The van der Waals surface area contributed by atoms with E-state index in [2.05, 4.69) is 63.8 Å². The van der Waals surface area contributed by atoms with Gasteiger partial charge in [-0.2, -0.15) is 0 Å². The Kier molecular flexibility index (Phi) is 7.99. The van der Waals surface area contributed by atoms with E-state index < -0.39 is 0 Å². The summed E-state index contributed by atoms with van der Waals surface area (Å²) in [5.74, 6) is 0.896. The quantitative estimate of drug-likeness (QED) is 0.316. The Morgan fingerprint density at radius 3 is 2.74 bits per heavy atom. The zero-order valence-corrected chi connectivity index (χ0v) is 16.5. The summed E-state index contributed by atoms with van der Waals surface area (Å²) in [5, 5.41) is 6.81. The Morgan fingerprint density at radius 2 is 1.96 bits per heavy atom. The van der Waals surface area contributed by atoms with Crippen LogP contribution in [0.2, 0.25) is 0 Å². The second kappa shape index (κ2) is 10.9. The van der Waals surface area contributed by atoms with E-state index in [-0.39, 0.29) is 0 Å². The molecule has 2 heterocycles. The molecule has 0 saturated carbocycles. The van der Waals surface area contributed by atoms with Crippen LogP contribution in [-0.2, 0) is 11.3 Å². The van der Waals surface area contributed by atoms with Crippen molar-refractivity contribution in [1.29, 1.82) is 0 Å². The number of hydrogen-bond donors (Lipinski definition) is 2. The third-order valence-corrected chi connectivity index (χ3v) is 4.91. The van der Waals surface area contributed by atoms with Crippen LogP contribution in [-0.4, -0.2) is 69.9 Å². The van der Waals surface area contributed by atoms with E-state index in [0.717, 1.165) is 71.4 Å². The van der Waals surface area contributed by atoms with Crippen molar-refractivity contribution < 1.29 is 4.74 Å². The molecule has 148 valence electrons. The third kappa shape index (κ3) is 6.56. The molecule has 0 atom stereocenters. The lowest BCUT2D eigenvalue weighted by atomic mass is 10.2. The molecular weight excluding hydrogens is 338 g/mol. The predicted octanol–water partition coefficient (Wildman–Crippen LogP) is 1.84. The number of guanidine groups is 1. The van der Waals surface area contributed by atoms with E-state index in [1.165, 1.54) is 11.3 Å². The van der Waals surface area contributed by atoms with Gasteiger partial charge in [0.25, 0.3) is 0 Å². The normalized spacial score (nSPS) is 18.1. The fourth-order valence-corrected chi connectivity index (χ4v) is 3.39. The van der Waals surface area contributed by atoms with Gasteiger partial charge in [0.1, 0.15) is 0 Å². The minimum absolute atomic E-state index is 0.688. The maximum absolute atomic E-state index is 5.40. The molecule has 1 aromatic carbocycles.